The molecule has 1 aliphatic rings. The summed E-state index contributed by atoms with van der Waals surface area (Å²) in [5, 5.41) is 10.9. The molecule has 1 saturated heterocycles. The lowest BCUT2D eigenvalue weighted by atomic mass is 10.2. The fourth-order valence-corrected chi connectivity index (χ4v) is 5.73. The van der Waals surface area contributed by atoms with Crippen LogP contribution in [0.1, 0.15) is 12.0 Å². The number of hydrogen-bond acceptors (Lipinski definition) is 6. The lowest BCUT2D eigenvalue weighted by Gasteiger charge is -2.18. The highest BCUT2D eigenvalue weighted by molar-refractivity contribution is 7.93. The van der Waals surface area contributed by atoms with E-state index in [1.54, 1.807) is 12.1 Å². The Kier molecular flexibility index (Phi) is 4.82. The predicted molar refractivity (Wildman–Crippen MR) is 101 cm³/mol. The molecular weight excluding hydrogens is 394 g/mol. The minimum Gasteiger partial charge on any atom is -0.280 e. The number of hydrogen-bond donors (Lipinski definition) is 1. The van der Waals surface area contributed by atoms with Crippen LogP contribution in [0.4, 0.5) is 17.1 Å². The van der Waals surface area contributed by atoms with Gasteiger partial charge in [0, 0.05) is 18.7 Å². The zero-order valence-corrected chi connectivity index (χ0v) is 16.0. The number of aryl methyl sites for hydroxylation is 1. The molecule has 0 unspecified atom stereocenters. The van der Waals surface area contributed by atoms with E-state index in [4.69, 9.17) is 0 Å². The number of non-ortho nitro benzene ring substituents is 1. The highest BCUT2D eigenvalue weighted by atomic mass is 32.2. The first-order valence-corrected chi connectivity index (χ1v) is 11.1. The van der Waals surface area contributed by atoms with Crippen molar-refractivity contribution in [1.29, 1.82) is 0 Å². The van der Waals surface area contributed by atoms with Gasteiger partial charge in [-0.15, -0.1) is 0 Å². The first-order valence-electron chi connectivity index (χ1n) is 7.98. The first-order chi connectivity index (χ1) is 12.6. The van der Waals surface area contributed by atoms with Gasteiger partial charge in [0.15, 0.2) is 0 Å². The van der Waals surface area contributed by atoms with Crippen LogP contribution >= 0.6 is 0 Å². The molecule has 0 aliphatic carbocycles. The molecule has 3 rings (SSSR count). The molecule has 2 aromatic rings. The summed E-state index contributed by atoms with van der Waals surface area (Å²) in [4.78, 5) is 10.0. The van der Waals surface area contributed by atoms with Crippen LogP contribution in [0, 0.1) is 17.0 Å². The average molecular weight is 411 g/mol. The van der Waals surface area contributed by atoms with E-state index < -0.39 is 25.0 Å². The Hall–Kier alpha value is -2.66. The fourth-order valence-electron chi connectivity index (χ4n) is 2.86. The van der Waals surface area contributed by atoms with Gasteiger partial charge in [-0.2, -0.15) is 0 Å². The van der Waals surface area contributed by atoms with Gasteiger partial charge < -0.3 is 0 Å². The van der Waals surface area contributed by atoms with Crippen LogP contribution in [0.3, 0.4) is 0 Å². The molecular formula is C16H17N3O6S2. The molecule has 1 aliphatic heterocycles. The molecule has 0 bridgehead atoms. The van der Waals surface area contributed by atoms with E-state index in [2.05, 4.69) is 4.72 Å². The van der Waals surface area contributed by atoms with Gasteiger partial charge in [0.1, 0.15) is 0 Å². The molecule has 0 spiro atoms. The molecule has 144 valence electrons. The molecule has 1 N–H and O–H groups in total. The second kappa shape index (κ2) is 6.82. The third-order valence-electron chi connectivity index (χ3n) is 4.16. The van der Waals surface area contributed by atoms with Crippen LogP contribution < -0.4 is 9.03 Å². The number of nitrogens with zero attached hydrogens (tertiary/aromatic N) is 2. The number of sulfonamides is 2. The smallest absolute Gasteiger partial charge is 0.270 e. The summed E-state index contributed by atoms with van der Waals surface area (Å²) in [5.74, 6) is 0.0514. The van der Waals surface area contributed by atoms with Gasteiger partial charge in [-0.1, -0.05) is 12.1 Å². The monoisotopic (exact) mass is 411 g/mol. The Morgan fingerprint density at radius 2 is 1.93 bits per heavy atom. The lowest BCUT2D eigenvalue weighted by molar-refractivity contribution is -0.385. The second-order valence-corrected chi connectivity index (χ2v) is 9.77. The van der Waals surface area contributed by atoms with Crippen LogP contribution in [-0.4, -0.2) is 34.1 Å². The molecule has 0 radical (unpaired) electrons. The van der Waals surface area contributed by atoms with Crippen molar-refractivity contribution in [2.75, 3.05) is 21.3 Å². The Bertz CT molecular complexity index is 1110. The van der Waals surface area contributed by atoms with Crippen LogP contribution in [0.5, 0.6) is 0 Å². The normalized spacial score (nSPS) is 16.3. The van der Waals surface area contributed by atoms with E-state index in [1.807, 2.05) is 0 Å². The van der Waals surface area contributed by atoms with Crippen molar-refractivity contribution in [3.8, 4) is 0 Å². The lowest BCUT2D eigenvalue weighted by Crippen LogP contribution is -2.25. The molecule has 1 heterocycles. The first kappa shape index (κ1) is 19.1. The van der Waals surface area contributed by atoms with Gasteiger partial charge in [-0.25, -0.2) is 16.8 Å². The quantitative estimate of drug-likeness (QED) is 0.594. The molecule has 0 atom stereocenters. The van der Waals surface area contributed by atoms with Gasteiger partial charge in [-0.05, 0) is 37.1 Å². The molecule has 11 heteroatoms. The largest absolute Gasteiger partial charge is 0.280 e. The molecule has 27 heavy (non-hydrogen) atoms. The van der Waals surface area contributed by atoms with Gasteiger partial charge >= 0.3 is 0 Å². The average Bonchev–Trinajstić information content (AvgIpc) is 2.94. The SMILES string of the molecule is Cc1ccc([N+](=O)[O-])cc1S(=O)(=O)Nc1cccc(N2CCCS2(=O)=O)c1. The summed E-state index contributed by atoms with van der Waals surface area (Å²) >= 11 is 0. The highest BCUT2D eigenvalue weighted by Crippen LogP contribution is 2.28. The highest BCUT2D eigenvalue weighted by Gasteiger charge is 2.29. The Morgan fingerprint density at radius 1 is 1.19 bits per heavy atom. The number of nitrogens with one attached hydrogen (secondary N) is 1. The summed E-state index contributed by atoms with van der Waals surface area (Å²) in [6.45, 7) is 1.87. The van der Waals surface area contributed by atoms with Crippen molar-refractivity contribution in [2.45, 2.75) is 18.2 Å². The zero-order chi connectivity index (χ0) is 19.8. The van der Waals surface area contributed by atoms with Crippen LogP contribution in [-0.2, 0) is 20.0 Å². The maximum Gasteiger partial charge on any atom is 0.270 e. The van der Waals surface area contributed by atoms with Crippen molar-refractivity contribution < 1.29 is 21.8 Å². The summed E-state index contributed by atoms with van der Waals surface area (Å²) in [5.41, 5.74) is 0.549. The molecule has 1 fully saturated rings. The van der Waals surface area contributed by atoms with Crippen LogP contribution in [0.2, 0.25) is 0 Å². The maximum absolute atomic E-state index is 12.7. The van der Waals surface area contributed by atoms with Gasteiger partial charge in [0.25, 0.3) is 15.7 Å². The summed E-state index contributed by atoms with van der Waals surface area (Å²) in [7, 11) is -7.48. The number of nitro benzene ring substituents is 1. The van der Waals surface area contributed by atoms with Crippen LogP contribution in [0.25, 0.3) is 0 Å². The second-order valence-electron chi connectivity index (χ2n) is 6.10. The Labute approximate surface area is 156 Å². The third kappa shape index (κ3) is 3.88. The Morgan fingerprint density at radius 3 is 2.56 bits per heavy atom. The van der Waals surface area contributed by atoms with Crippen molar-refractivity contribution in [2.24, 2.45) is 0 Å². The fraction of sp³-hybridized carbons (Fsp3) is 0.250. The van der Waals surface area contributed by atoms with E-state index in [1.165, 1.54) is 35.5 Å². The van der Waals surface area contributed by atoms with E-state index in [-0.39, 0.29) is 22.0 Å². The summed E-state index contributed by atoms with van der Waals surface area (Å²) in [6.07, 6.45) is 0.505. The van der Waals surface area contributed by atoms with Crippen molar-refractivity contribution in [1.82, 2.24) is 0 Å². The summed E-state index contributed by atoms with van der Waals surface area (Å²) < 4.78 is 53.1. The van der Waals surface area contributed by atoms with E-state index >= 15 is 0 Å². The molecule has 0 amide bonds. The number of benzene rings is 2. The Balaban J connectivity index is 1.95. The van der Waals surface area contributed by atoms with Crippen molar-refractivity contribution >= 4 is 37.1 Å². The number of anilines is 2. The van der Waals surface area contributed by atoms with Crippen LogP contribution in [0.15, 0.2) is 47.4 Å². The molecule has 9 nitrogen and oxygen atoms in total. The molecule has 2 aromatic carbocycles. The zero-order valence-electron chi connectivity index (χ0n) is 14.3. The van der Waals surface area contributed by atoms with Crippen molar-refractivity contribution in [3.63, 3.8) is 0 Å². The summed E-state index contributed by atoms with van der Waals surface area (Å²) in [6, 6.07) is 9.61. The van der Waals surface area contributed by atoms with Gasteiger partial charge in [0.2, 0.25) is 10.0 Å². The predicted octanol–water partition coefficient (Wildman–Crippen LogP) is 2.24. The molecule has 0 aromatic heterocycles. The van der Waals surface area contributed by atoms with Gasteiger partial charge in [0.05, 0.1) is 26.9 Å². The van der Waals surface area contributed by atoms with E-state index in [0.717, 1.165) is 6.07 Å². The van der Waals surface area contributed by atoms with Gasteiger partial charge in [-0.3, -0.25) is 19.1 Å². The van der Waals surface area contributed by atoms with E-state index in [0.29, 0.717) is 24.2 Å². The third-order valence-corrected chi connectivity index (χ3v) is 7.55. The molecule has 0 saturated carbocycles. The number of rotatable bonds is 5. The standard InChI is InChI=1S/C16H17N3O6S2/c1-12-6-7-15(19(20)21)11-16(12)27(24,25)17-13-4-2-5-14(10-13)18-8-3-9-26(18,22)23/h2,4-7,10-11,17H,3,8-9H2,1H3. The minimum atomic E-state index is -4.09. The minimum absolute atomic E-state index is 0.0514. The topological polar surface area (TPSA) is 127 Å². The van der Waals surface area contributed by atoms with E-state index in [9.17, 15) is 26.9 Å². The maximum atomic E-state index is 12.7. The number of nitro groups is 1. The van der Waals surface area contributed by atoms with Crippen molar-refractivity contribution in [3.05, 3.63) is 58.1 Å².